The van der Waals surface area contributed by atoms with E-state index in [4.69, 9.17) is 9.47 Å². The predicted octanol–water partition coefficient (Wildman–Crippen LogP) is 2.06. The van der Waals surface area contributed by atoms with Gasteiger partial charge in [-0.3, -0.25) is 4.79 Å². The molecule has 1 heterocycles. The quantitative estimate of drug-likeness (QED) is 0.879. The van der Waals surface area contributed by atoms with Crippen LogP contribution in [-0.4, -0.2) is 19.2 Å². The highest BCUT2D eigenvalue weighted by molar-refractivity contribution is 5.66. The van der Waals surface area contributed by atoms with Crippen LogP contribution < -0.4 is 15.0 Å². The van der Waals surface area contributed by atoms with Gasteiger partial charge in [-0.05, 0) is 29.3 Å². The number of rotatable bonds is 3. The molecule has 1 aromatic carbocycles. The maximum Gasteiger partial charge on any atom is 0.247 e. The van der Waals surface area contributed by atoms with Gasteiger partial charge in [0.25, 0.3) is 0 Å². The Labute approximate surface area is 98.8 Å². The van der Waals surface area contributed by atoms with Crippen molar-refractivity contribution in [2.75, 3.05) is 14.2 Å². The summed E-state index contributed by atoms with van der Waals surface area (Å²) in [7, 11) is 3.19. The minimum atomic E-state index is -0.116. The van der Waals surface area contributed by atoms with E-state index in [9.17, 15) is 4.79 Å². The Morgan fingerprint density at radius 3 is 2.24 bits per heavy atom. The number of benzene rings is 1. The molecule has 0 amide bonds. The van der Waals surface area contributed by atoms with Crippen molar-refractivity contribution in [3.8, 4) is 22.6 Å². The molecule has 0 aliphatic rings. The van der Waals surface area contributed by atoms with Crippen LogP contribution in [0.2, 0.25) is 0 Å². The third kappa shape index (κ3) is 2.30. The van der Waals surface area contributed by atoms with Gasteiger partial charge in [0.1, 0.15) is 0 Å². The Hall–Kier alpha value is -2.23. The molecule has 4 heteroatoms. The zero-order valence-electron chi connectivity index (χ0n) is 9.69. The van der Waals surface area contributed by atoms with Gasteiger partial charge in [-0.2, -0.15) is 0 Å². The molecule has 0 aliphatic heterocycles. The van der Waals surface area contributed by atoms with Crippen LogP contribution in [0.5, 0.6) is 11.5 Å². The maximum atomic E-state index is 11.0. The summed E-state index contributed by atoms with van der Waals surface area (Å²) in [5.74, 6) is 1.34. The number of ether oxygens (including phenoxy) is 2. The molecule has 0 atom stereocenters. The fourth-order valence-corrected chi connectivity index (χ4v) is 1.61. The fourth-order valence-electron chi connectivity index (χ4n) is 1.61. The Morgan fingerprint density at radius 1 is 0.941 bits per heavy atom. The molecule has 2 aromatic rings. The fraction of sp³-hybridized carbons (Fsp3) is 0.154. The van der Waals surface area contributed by atoms with Gasteiger partial charge in [0.2, 0.25) is 5.56 Å². The maximum absolute atomic E-state index is 11.0. The van der Waals surface area contributed by atoms with Crippen molar-refractivity contribution in [2.24, 2.45) is 0 Å². The van der Waals surface area contributed by atoms with Crippen LogP contribution >= 0.6 is 0 Å². The molecule has 4 nitrogen and oxygen atoms in total. The van der Waals surface area contributed by atoms with Gasteiger partial charge in [0.15, 0.2) is 11.5 Å². The number of aromatic nitrogens is 1. The van der Waals surface area contributed by atoms with Crippen molar-refractivity contribution in [3.05, 3.63) is 46.9 Å². The van der Waals surface area contributed by atoms with Crippen LogP contribution in [0, 0.1) is 0 Å². The molecule has 88 valence electrons. The summed E-state index contributed by atoms with van der Waals surface area (Å²) in [6, 6.07) is 8.87. The normalized spacial score (nSPS) is 10.0. The lowest BCUT2D eigenvalue weighted by molar-refractivity contribution is 0.355. The molecule has 0 radical (unpaired) electrons. The summed E-state index contributed by atoms with van der Waals surface area (Å²) in [5, 5.41) is 0. The van der Waals surface area contributed by atoms with Crippen molar-refractivity contribution < 1.29 is 9.47 Å². The number of pyridine rings is 1. The van der Waals surface area contributed by atoms with Crippen LogP contribution in [0.15, 0.2) is 41.3 Å². The van der Waals surface area contributed by atoms with Gasteiger partial charge in [-0.25, -0.2) is 0 Å². The van der Waals surface area contributed by atoms with Crippen LogP contribution in [0.1, 0.15) is 0 Å². The second-order valence-electron chi connectivity index (χ2n) is 3.51. The van der Waals surface area contributed by atoms with Gasteiger partial charge in [0.05, 0.1) is 14.2 Å². The standard InChI is InChI=1S/C13H13NO3/c1-16-11-5-3-9(7-12(11)17-2)10-4-6-13(15)14-8-10/h3-8H,1-2H3,(H,14,15). The summed E-state index contributed by atoms with van der Waals surface area (Å²) in [6.07, 6.45) is 1.67. The first kappa shape index (κ1) is 11.3. The van der Waals surface area contributed by atoms with Crippen molar-refractivity contribution in [2.45, 2.75) is 0 Å². The highest BCUT2D eigenvalue weighted by Crippen LogP contribution is 2.31. The summed E-state index contributed by atoms with van der Waals surface area (Å²) < 4.78 is 10.4. The second kappa shape index (κ2) is 4.74. The van der Waals surface area contributed by atoms with Crippen molar-refractivity contribution in [1.82, 2.24) is 4.98 Å². The Bertz CT molecular complexity index is 555. The lowest BCUT2D eigenvalue weighted by Gasteiger charge is -2.09. The zero-order chi connectivity index (χ0) is 12.3. The molecule has 1 aromatic heterocycles. The van der Waals surface area contributed by atoms with E-state index < -0.39 is 0 Å². The number of H-pyrrole nitrogens is 1. The smallest absolute Gasteiger partial charge is 0.247 e. The minimum absolute atomic E-state index is 0.116. The lowest BCUT2D eigenvalue weighted by Crippen LogP contribution is -2.01. The molecular formula is C13H13NO3. The highest BCUT2D eigenvalue weighted by atomic mass is 16.5. The molecule has 0 spiro atoms. The van der Waals surface area contributed by atoms with E-state index >= 15 is 0 Å². The molecule has 0 saturated heterocycles. The Balaban J connectivity index is 2.46. The van der Waals surface area contributed by atoms with E-state index in [-0.39, 0.29) is 5.56 Å². The number of aromatic amines is 1. The molecular weight excluding hydrogens is 218 g/mol. The summed E-state index contributed by atoms with van der Waals surface area (Å²) >= 11 is 0. The molecule has 0 unspecified atom stereocenters. The first-order chi connectivity index (χ1) is 8.24. The summed E-state index contributed by atoms with van der Waals surface area (Å²) in [4.78, 5) is 13.6. The van der Waals surface area contributed by atoms with E-state index in [0.29, 0.717) is 11.5 Å². The van der Waals surface area contributed by atoms with Crippen LogP contribution in [0.25, 0.3) is 11.1 Å². The first-order valence-corrected chi connectivity index (χ1v) is 5.15. The van der Waals surface area contributed by atoms with Crippen molar-refractivity contribution in [3.63, 3.8) is 0 Å². The summed E-state index contributed by atoms with van der Waals surface area (Å²) in [6.45, 7) is 0. The Kier molecular flexibility index (Phi) is 3.14. The molecule has 0 aliphatic carbocycles. The largest absolute Gasteiger partial charge is 0.493 e. The lowest BCUT2D eigenvalue weighted by atomic mass is 10.1. The third-order valence-corrected chi connectivity index (χ3v) is 2.50. The number of nitrogens with one attached hydrogen (secondary N) is 1. The van der Waals surface area contributed by atoms with Gasteiger partial charge in [-0.1, -0.05) is 6.07 Å². The molecule has 1 N–H and O–H groups in total. The van der Waals surface area contributed by atoms with E-state index in [2.05, 4.69) is 4.98 Å². The van der Waals surface area contributed by atoms with Gasteiger partial charge < -0.3 is 14.5 Å². The van der Waals surface area contributed by atoms with Crippen LogP contribution in [-0.2, 0) is 0 Å². The number of hydrogen-bond acceptors (Lipinski definition) is 3. The SMILES string of the molecule is COc1ccc(-c2ccc(=O)[nH]c2)cc1OC. The van der Waals surface area contributed by atoms with Crippen LogP contribution in [0.4, 0.5) is 0 Å². The molecule has 2 rings (SSSR count). The molecule has 0 bridgehead atoms. The van der Waals surface area contributed by atoms with Gasteiger partial charge in [-0.15, -0.1) is 0 Å². The van der Waals surface area contributed by atoms with Gasteiger partial charge >= 0.3 is 0 Å². The van der Waals surface area contributed by atoms with E-state index in [0.717, 1.165) is 11.1 Å². The minimum Gasteiger partial charge on any atom is -0.493 e. The predicted molar refractivity (Wildman–Crippen MR) is 65.6 cm³/mol. The number of hydrogen-bond donors (Lipinski definition) is 1. The summed E-state index contributed by atoms with van der Waals surface area (Å²) in [5.41, 5.74) is 1.76. The van der Waals surface area contributed by atoms with Crippen molar-refractivity contribution in [1.29, 1.82) is 0 Å². The Morgan fingerprint density at radius 2 is 1.65 bits per heavy atom. The topological polar surface area (TPSA) is 51.3 Å². The van der Waals surface area contributed by atoms with E-state index in [1.807, 2.05) is 18.2 Å². The van der Waals surface area contributed by atoms with E-state index in [1.165, 1.54) is 6.07 Å². The van der Waals surface area contributed by atoms with Crippen molar-refractivity contribution >= 4 is 0 Å². The van der Waals surface area contributed by atoms with E-state index in [1.54, 1.807) is 26.5 Å². The van der Waals surface area contributed by atoms with Gasteiger partial charge in [0, 0.05) is 12.3 Å². The first-order valence-electron chi connectivity index (χ1n) is 5.15. The zero-order valence-corrected chi connectivity index (χ0v) is 9.69. The molecule has 0 saturated carbocycles. The molecule has 0 fully saturated rings. The number of methoxy groups -OCH3 is 2. The van der Waals surface area contributed by atoms with Crippen LogP contribution in [0.3, 0.4) is 0 Å². The third-order valence-electron chi connectivity index (χ3n) is 2.50. The monoisotopic (exact) mass is 231 g/mol. The second-order valence-corrected chi connectivity index (χ2v) is 3.51. The average Bonchev–Trinajstić information content (AvgIpc) is 2.39. The molecule has 17 heavy (non-hydrogen) atoms. The average molecular weight is 231 g/mol. The highest BCUT2D eigenvalue weighted by Gasteiger charge is 2.05.